The van der Waals surface area contributed by atoms with Crippen molar-refractivity contribution in [2.45, 2.75) is 44.6 Å². The number of carbonyl (C=O) groups excluding carboxylic acids is 2. The van der Waals surface area contributed by atoms with E-state index in [1.54, 1.807) is 17.0 Å². The van der Waals surface area contributed by atoms with Crippen LogP contribution < -0.4 is 19.5 Å². The van der Waals surface area contributed by atoms with Gasteiger partial charge in [-0.2, -0.15) is 0 Å². The summed E-state index contributed by atoms with van der Waals surface area (Å²) in [5.74, 6) is 1.42. The van der Waals surface area contributed by atoms with E-state index in [1.807, 2.05) is 0 Å². The summed E-state index contributed by atoms with van der Waals surface area (Å²) in [5.41, 5.74) is 0.489. The molecule has 3 rings (SSSR count). The summed E-state index contributed by atoms with van der Waals surface area (Å²) < 4.78 is 16.0. The third kappa shape index (κ3) is 4.34. The largest absolute Gasteiger partial charge is 0.493 e. The topological polar surface area (TPSA) is 77.1 Å². The van der Waals surface area contributed by atoms with Crippen molar-refractivity contribution in [3.63, 3.8) is 0 Å². The molecule has 1 heterocycles. The number of likely N-dealkylation sites (tertiary alicyclic amines) is 1. The van der Waals surface area contributed by atoms with Gasteiger partial charge < -0.3 is 24.4 Å². The van der Waals surface area contributed by atoms with Gasteiger partial charge in [-0.1, -0.05) is 12.8 Å². The predicted molar refractivity (Wildman–Crippen MR) is 105 cm³/mol. The van der Waals surface area contributed by atoms with Crippen LogP contribution in [0.15, 0.2) is 12.1 Å². The number of benzene rings is 1. The first-order chi connectivity index (χ1) is 13.6. The van der Waals surface area contributed by atoms with Crippen LogP contribution in [0.2, 0.25) is 0 Å². The number of hydrogen-bond acceptors (Lipinski definition) is 5. The van der Waals surface area contributed by atoms with Gasteiger partial charge in [0.15, 0.2) is 11.5 Å². The second kappa shape index (κ2) is 9.17. The van der Waals surface area contributed by atoms with Gasteiger partial charge in [0.2, 0.25) is 11.7 Å². The van der Waals surface area contributed by atoms with Crippen molar-refractivity contribution < 1.29 is 23.8 Å². The minimum Gasteiger partial charge on any atom is -0.493 e. The standard InChI is InChI=1S/C21H30N2O5/c1-26-17-12-15(13-18(27-2)19(17)28-3)21(25)23-10-8-14(9-11-23)20(24)22-16-6-4-5-7-16/h12-14,16H,4-11H2,1-3H3,(H,22,24). The summed E-state index contributed by atoms with van der Waals surface area (Å²) in [6.45, 7) is 1.14. The zero-order chi connectivity index (χ0) is 20.1. The number of piperidine rings is 1. The molecule has 1 N–H and O–H groups in total. The molecular weight excluding hydrogens is 360 g/mol. The summed E-state index contributed by atoms with van der Waals surface area (Å²) in [7, 11) is 4.59. The summed E-state index contributed by atoms with van der Waals surface area (Å²) in [4.78, 5) is 27.2. The summed E-state index contributed by atoms with van der Waals surface area (Å²) in [6.07, 6.45) is 5.96. The van der Waals surface area contributed by atoms with Crippen LogP contribution in [0, 0.1) is 5.92 Å². The molecule has 0 radical (unpaired) electrons. The summed E-state index contributed by atoms with van der Waals surface area (Å²) >= 11 is 0. The third-order valence-electron chi connectivity index (χ3n) is 5.77. The highest BCUT2D eigenvalue weighted by atomic mass is 16.5. The van der Waals surface area contributed by atoms with Crippen LogP contribution in [0.1, 0.15) is 48.9 Å². The van der Waals surface area contributed by atoms with Crippen LogP contribution in [0.25, 0.3) is 0 Å². The van der Waals surface area contributed by atoms with Gasteiger partial charge >= 0.3 is 0 Å². The van der Waals surface area contributed by atoms with Crippen LogP contribution in [-0.2, 0) is 4.79 Å². The lowest BCUT2D eigenvalue weighted by atomic mass is 9.95. The maximum Gasteiger partial charge on any atom is 0.254 e. The number of methoxy groups -OCH3 is 3. The van der Waals surface area contributed by atoms with E-state index < -0.39 is 0 Å². The first-order valence-electron chi connectivity index (χ1n) is 9.97. The van der Waals surface area contributed by atoms with Gasteiger partial charge in [-0.15, -0.1) is 0 Å². The summed E-state index contributed by atoms with van der Waals surface area (Å²) in [6, 6.07) is 3.68. The van der Waals surface area contributed by atoms with E-state index in [0.29, 0.717) is 54.8 Å². The van der Waals surface area contributed by atoms with Crippen LogP contribution in [0.4, 0.5) is 0 Å². The van der Waals surface area contributed by atoms with Crippen molar-refractivity contribution in [3.05, 3.63) is 17.7 Å². The molecule has 7 heteroatoms. The first kappa shape index (κ1) is 20.3. The molecule has 28 heavy (non-hydrogen) atoms. The highest BCUT2D eigenvalue weighted by Crippen LogP contribution is 2.38. The monoisotopic (exact) mass is 390 g/mol. The number of hydrogen-bond donors (Lipinski definition) is 1. The molecule has 0 bridgehead atoms. The van der Waals surface area contributed by atoms with Crippen molar-refractivity contribution >= 4 is 11.8 Å². The number of amides is 2. The average Bonchev–Trinajstić information content (AvgIpc) is 3.25. The fourth-order valence-electron chi connectivity index (χ4n) is 4.12. The van der Waals surface area contributed by atoms with Crippen LogP contribution in [0.3, 0.4) is 0 Å². The van der Waals surface area contributed by atoms with Crippen LogP contribution >= 0.6 is 0 Å². The highest BCUT2D eigenvalue weighted by molar-refractivity contribution is 5.96. The molecule has 0 unspecified atom stereocenters. The Kier molecular flexibility index (Phi) is 6.65. The number of nitrogens with zero attached hydrogens (tertiary/aromatic N) is 1. The SMILES string of the molecule is COc1cc(C(=O)N2CCC(C(=O)NC3CCCC3)CC2)cc(OC)c1OC. The first-order valence-corrected chi connectivity index (χ1v) is 9.97. The Morgan fingerprint density at radius 1 is 0.929 bits per heavy atom. The molecule has 0 spiro atoms. The lowest BCUT2D eigenvalue weighted by molar-refractivity contribution is -0.127. The van der Waals surface area contributed by atoms with E-state index in [0.717, 1.165) is 12.8 Å². The van der Waals surface area contributed by atoms with E-state index in [-0.39, 0.29) is 17.7 Å². The quantitative estimate of drug-likeness (QED) is 0.808. The minimum absolute atomic E-state index is 0.00964. The van der Waals surface area contributed by atoms with Crippen molar-refractivity contribution in [2.24, 2.45) is 5.92 Å². The Morgan fingerprint density at radius 3 is 2.00 bits per heavy atom. The zero-order valence-corrected chi connectivity index (χ0v) is 17.0. The second-order valence-corrected chi connectivity index (χ2v) is 7.47. The zero-order valence-electron chi connectivity index (χ0n) is 17.0. The summed E-state index contributed by atoms with van der Waals surface area (Å²) in [5, 5.41) is 3.18. The van der Waals surface area contributed by atoms with Crippen molar-refractivity contribution in [2.75, 3.05) is 34.4 Å². The molecule has 7 nitrogen and oxygen atoms in total. The van der Waals surface area contributed by atoms with Gasteiger partial charge in [-0.05, 0) is 37.8 Å². The second-order valence-electron chi connectivity index (χ2n) is 7.47. The number of nitrogens with one attached hydrogen (secondary N) is 1. The van der Waals surface area contributed by atoms with E-state index >= 15 is 0 Å². The Balaban J connectivity index is 1.62. The van der Waals surface area contributed by atoms with Gasteiger partial charge in [0.05, 0.1) is 21.3 Å². The molecule has 2 aliphatic rings. The molecule has 2 fully saturated rings. The third-order valence-corrected chi connectivity index (χ3v) is 5.77. The van der Waals surface area contributed by atoms with Crippen molar-refractivity contribution in [1.29, 1.82) is 0 Å². The average molecular weight is 390 g/mol. The fourth-order valence-corrected chi connectivity index (χ4v) is 4.12. The molecule has 1 aliphatic carbocycles. The van der Waals surface area contributed by atoms with E-state index in [9.17, 15) is 9.59 Å². The maximum atomic E-state index is 13.0. The van der Waals surface area contributed by atoms with Gasteiger partial charge in [0.25, 0.3) is 5.91 Å². The highest BCUT2D eigenvalue weighted by Gasteiger charge is 2.30. The molecule has 0 aromatic heterocycles. The Hall–Kier alpha value is -2.44. The lowest BCUT2D eigenvalue weighted by Crippen LogP contribution is -2.44. The molecule has 1 saturated carbocycles. The molecule has 0 atom stereocenters. The number of rotatable bonds is 6. The minimum atomic E-state index is -0.0890. The van der Waals surface area contributed by atoms with E-state index in [1.165, 1.54) is 34.2 Å². The number of carbonyl (C=O) groups is 2. The van der Waals surface area contributed by atoms with Crippen molar-refractivity contribution in [1.82, 2.24) is 10.2 Å². The molecule has 1 saturated heterocycles. The number of ether oxygens (including phenoxy) is 3. The van der Waals surface area contributed by atoms with Gasteiger partial charge in [-0.25, -0.2) is 0 Å². The van der Waals surface area contributed by atoms with Crippen LogP contribution in [-0.4, -0.2) is 57.2 Å². The normalized spacial score (nSPS) is 18.0. The maximum absolute atomic E-state index is 13.0. The Bertz CT molecular complexity index is 682. The molecule has 1 aliphatic heterocycles. The Morgan fingerprint density at radius 2 is 1.50 bits per heavy atom. The molecular formula is C21H30N2O5. The molecule has 154 valence electrons. The van der Waals surface area contributed by atoms with E-state index in [4.69, 9.17) is 14.2 Å². The smallest absolute Gasteiger partial charge is 0.254 e. The van der Waals surface area contributed by atoms with Gasteiger partial charge in [-0.3, -0.25) is 9.59 Å². The molecule has 1 aromatic rings. The van der Waals surface area contributed by atoms with Gasteiger partial charge in [0.1, 0.15) is 0 Å². The van der Waals surface area contributed by atoms with Crippen LogP contribution in [0.5, 0.6) is 17.2 Å². The van der Waals surface area contributed by atoms with E-state index in [2.05, 4.69) is 5.32 Å². The lowest BCUT2D eigenvalue weighted by Gasteiger charge is -2.32. The van der Waals surface area contributed by atoms with Gasteiger partial charge in [0, 0.05) is 30.6 Å². The van der Waals surface area contributed by atoms with Crippen molar-refractivity contribution in [3.8, 4) is 17.2 Å². The fraction of sp³-hybridized carbons (Fsp3) is 0.619. The predicted octanol–water partition coefficient (Wildman–Crippen LogP) is 2.62. The molecule has 2 amide bonds. The Labute approximate surface area is 166 Å². The molecule has 1 aromatic carbocycles.